The molecule has 1 aromatic carbocycles. The molecule has 0 aliphatic rings. The minimum atomic E-state index is -0.273. The summed E-state index contributed by atoms with van der Waals surface area (Å²) in [6, 6.07) is 6.36. The molecule has 1 heterocycles. The maximum atomic E-state index is 13.7. The topological polar surface area (TPSA) is 30.5 Å². The van der Waals surface area contributed by atoms with Gasteiger partial charge in [0.2, 0.25) is 0 Å². The molecule has 1 N–H and O–H groups in total. The SMILES string of the molecule is CCCNC(c1cc(F)ccc1OC)c1sccc1OC. The predicted molar refractivity (Wildman–Crippen MR) is 84.0 cm³/mol. The van der Waals surface area contributed by atoms with Crippen LogP contribution in [-0.4, -0.2) is 20.8 Å². The Morgan fingerprint density at radius 2 is 1.95 bits per heavy atom. The average molecular weight is 309 g/mol. The molecular formula is C16H20FNO2S. The van der Waals surface area contributed by atoms with Crippen LogP contribution in [0.2, 0.25) is 0 Å². The summed E-state index contributed by atoms with van der Waals surface area (Å²) < 4.78 is 24.5. The Labute approximate surface area is 128 Å². The van der Waals surface area contributed by atoms with Crippen molar-refractivity contribution in [2.24, 2.45) is 0 Å². The van der Waals surface area contributed by atoms with Crippen LogP contribution >= 0.6 is 11.3 Å². The van der Waals surface area contributed by atoms with Crippen LogP contribution in [0, 0.1) is 5.82 Å². The molecule has 2 rings (SSSR count). The Kier molecular flexibility index (Phi) is 5.59. The smallest absolute Gasteiger partial charge is 0.134 e. The largest absolute Gasteiger partial charge is 0.496 e. The van der Waals surface area contributed by atoms with Crippen molar-refractivity contribution in [3.05, 3.63) is 45.9 Å². The first-order chi connectivity index (χ1) is 10.2. The van der Waals surface area contributed by atoms with E-state index < -0.39 is 0 Å². The molecule has 5 heteroatoms. The standard InChI is InChI=1S/C16H20FNO2S/c1-4-8-18-15(16-14(20-3)7-9-21-16)12-10-11(17)5-6-13(12)19-2/h5-7,9-10,15,18H,4,8H2,1-3H3. The highest BCUT2D eigenvalue weighted by atomic mass is 32.1. The Morgan fingerprint density at radius 3 is 2.62 bits per heavy atom. The number of methoxy groups -OCH3 is 2. The van der Waals surface area contributed by atoms with Crippen LogP contribution in [0.3, 0.4) is 0 Å². The molecule has 0 fully saturated rings. The lowest BCUT2D eigenvalue weighted by Gasteiger charge is -2.21. The van der Waals surface area contributed by atoms with Crippen molar-refractivity contribution in [3.8, 4) is 11.5 Å². The zero-order valence-electron chi connectivity index (χ0n) is 12.5. The molecule has 0 radical (unpaired) electrons. The van der Waals surface area contributed by atoms with Crippen molar-refractivity contribution in [2.45, 2.75) is 19.4 Å². The van der Waals surface area contributed by atoms with Gasteiger partial charge in [-0.3, -0.25) is 0 Å². The van der Waals surface area contributed by atoms with Crippen LogP contribution < -0.4 is 14.8 Å². The number of nitrogens with one attached hydrogen (secondary N) is 1. The van der Waals surface area contributed by atoms with E-state index in [4.69, 9.17) is 9.47 Å². The number of halogens is 1. The van der Waals surface area contributed by atoms with E-state index in [1.165, 1.54) is 12.1 Å². The van der Waals surface area contributed by atoms with Crippen LogP contribution in [0.1, 0.15) is 29.8 Å². The summed E-state index contributed by atoms with van der Waals surface area (Å²) in [5.74, 6) is 1.20. The quantitative estimate of drug-likeness (QED) is 0.839. The third kappa shape index (κ3) is 3.54. The lowest BCUT2D eigenvalue weighted by Crippen LogP contribution is -2.23. The average Bonchev–Trinajstić information content (AvgIpc) is 2.96. The van der Waals surface area contributed by atoms with Crippen molar-refractivity contribution in [1.29, 1.82) is 0 Å². The fourth-order valence-electron chi connectivity index (χ4n) is 2.25. The van der Waals surface area contributed by atoms with Crippen LogP contribution in [0.15, 0.2) is 29.6 Å². The van der Waals surface area contributed by atoms with Gasteiger partial charge in [-0.15, -0.1) is 11.3 Å². The first kappa shape index (κ1) is 15.8. The van der Waals surface area contributed by atoms with Crippen molar-refractivity contribution in [3.63, 3.8) is 0 Å². The van der Waals surface area contributed by atoms with Gasteiger partial charge in [0.15, 0.2) is 0 Å². The normalized spacial score (nSPS) is 12.2. The molecule has 0 aliphatic heterocycles. The second-order valence-electron chi connectivity index (χ2n) is 4.63. The van der Waals surface area contributed by atoms with Gasteiger partial charge in [0.1, 0.15) is 17.3 Å². The number of ether oxygens (including phenoxy) is 2. The number of hydrogen-bond acceptors (Lipinski definition) is 4. The Hall–Kier alpha value is -1.59. The fraction of sp³-hybridized carbons (Fsp3) is 0.375. The van der Waals surface area contributed by atoms with E-state index in [9.17, 15) is 4.39 Å². The highest BCUT2D eigenvalue weighted by Gasteiger charge is 2.23. The van der Waals surface area contributed by atoms with E-state index in [0.29, 0.717) is 5.75 Å². The molecule has 0 aliphatic carbocycles. The van der Waals surface area contributed by atoms with Crippen LogP contribution in [-0.2, 0) is 0 Å². The minimum Gasteiger partial charge on any atom is -0.496 e. The highest BCUT2D eigenvalue weighted by molar-refractivity contribution is 7.10. The maximum absolute atomic E-state index is 13.7. The van der Waals surface area contributed by atoms with Gasteiger partial charge in [-0.2, -0.15) is 0 Å². The second kappa shape index (κ2) is 7.43. The molecule has 0 spiro atoms. The van der Waals surface area contributed by atoms with E-state index in [1.54, 1.807) is 31.6 Å². The first-order valence-corrected chi connectivity index (χ1v) is 7.77. The summed E-state index contributed by atoms with van der Waals surface area (Å²) in [5, 5.41) is 5.42. The maximum Gasteiger partial charge on any atom is 0.134 e. The molecule has 21 heavy (non-hydrogen) atoms. The van der Waals surface area contributed by atoms with Crippen molar-refractivity contribution < 1.29 is 13.9 Å². The fourth-order valence-corrected chi connectivity index (χ4v) is 3.20. The molecule has 2 aromatic rings. The van der Waals surface area contributed by atoms with E-state index >= 15 is 0 Å². The summed E-state index contributed by atoms with van der Waals surface area (Å²) in [7, 11) is 3.24. The van der Waals surface area contributed by atoms with Gasteiger partial charge in [0.25, 0.3) is 0 Å². The van der Waals surface area contributed by atoms with Crippen molar-refractivity contribution in [2.75, 3.05) is 20.8 Å². The van der Waals surface area contributed by atoms with E-state index in [-0.39, 0.29) is 11.9 Å². The van der Waals surface area contributed by atoms with Gasteiger partial charge in [0, 0.05) is 5.56 Å². The zero-order chi connectivity index (χ0) is 15.2. The predicted octanol–water partition coefficient (Wildman–Crippen LogP) is 3.99. The number of thiophene rings is 1. The number of hydrogen-bond donors (Lipinski definition) is 1. The molecule has 0 amide bonds. The molecule has 1 unspecified atom stereocenters. The van der Waals surface area contributed by atoms with Gasteiger partial charge in [0.05, 0.1) is 25.1 Å². The summed E-state index contributed by atoms with van der Waals surface area (Å²) in [6.45, 7) is 2.92. The molecule has 1 atom stereocenters. The van der Waals surface area contributed by atoms with Crippen LogP contribution in [0.25, 0.3) is 0 Å². The monoisotopic (exact) mass is 309 g/mol. The number of benzene rings is 1. The summed E-state index contributed by atoms with van der Waals surface area (Å²) in [6.07, 6.45) is 0.988. The van der Waals surface area contributed by atoms with Crippen molar-refractivity contribution in [1.82, 2.24) is 5.32 Å². The van der Waals surface area contributed by atoms with Crippen LogP contribution in [0.4, 0.5) is 4.39 Å². The lowest BCUT2D eigenvalue weighted by atomic mass is 10.0. The number of rotatable bonds is 7. The Balaban J connectivity index is 2.47. The second-order valence-corrected chi connectivity index (χ2v) is 5.57. The minimum absolute atomic E-state index is 0.148. The third-order valence-electron chi connectivity index (χ3n) is 3.24. The van der Waals surface area contributed by atoms with E-state index in [1.807, 2.05) is 11.4 Å². The highest BCUT2D eigenvalue weighted by Crippen LogP contribution is 2.38. The third-order valence-corrected chi connectivity index (χ3v) is 4.20. The Bertz CT molecular complexity index is 585. The van der Waals surface area contributed by atoms with E-state index in [2.05, 4.69) is 12.2 Å². The van der Waals surface area contributed by atoms with Gasteiger partial charge >= 0.3 is 0 Å². The zero-order valence-corrected chi connectivity index (χ0v) is 13.3. The van der Waals surface area contributed by atoms with Gasteiger partial charge in [-0.25, -0.2) is 4.39 Å². The van der Waals surface area contributed by atoms with Gasteiger partial charge in [-0.05, 0) is 42.6 Å². The van der Waals surface area contributed by atoms with Gasteiger partial charge in [-0.1, -0.05) is 6.92 Å². The van der Waals surface area contributed by atoms with Gasteiger partial charge < -0.3 is 14.8 Å². The Morgan fingerprint density at radius 1 is 1.19 bits per heavy atom. The van der Waals surface area contributed by atoms with Crippen molar-refractivity contribution >= 4 is 11.3 Å². The first-order valence-electron chi connectivity index (χ1n) is 6.89. The van der Waals surface area contributed by atoms with Crippen LogP contribution in [0.5, 0.6) is 11.5 Å². The summed E-state index contributed by atoms with van der Waals surface area (Å²) in [5.41, 5.74) is 0.784. The molecule has 114 valence electrons. The molecule has 3 nitrogen and oxygen atoms in total. The molecule has 0 bridgehead atoms. The molecular weight excluding hydrogens is 289 g/mol. The molecule has 1 aromatic heterocycles. The molecule has 0 saturated heterocycles. The summed E-state index contributed by atoms with van der Waals surface area (Å²) in [4.78, 5) is 1.02. The lowest BCUT2D eigenvalue weighted by molar-refractivity contribution is 0.394. The molecule has 0 saturated carbocycles. The van der Waals surface area contributed by atoms with E-state index in [0.717, 1.165) is 29.2 Å². The summed E-state index contributed by atoms with van der Waals surface area (Å²) >= 11 is 1.59.